The Kier molecular flexibility index (Phi) is 6.27. The zero-order valence-electron chi connectivity index (χ0n) is 29.4. The highest BCUT2D eigenvalue weighted by molar-refractivity contribution is 6.11. The second kappa shape index (κ2) is 11.5. The van der Waals surface area contributed by atoms with Crippen LogP contribution in [0.15, 0.2) is 185 Å². The molecule has 0 unspecified atom stereocenters. The first kappa shape index (κ1) is 30.0. The topological polar surface area (TPSA) is 57.0 Å². The highest BCUT2D eigenvalue weighted by Gasteiger charge is 2.17. The van der Waals surface area contributed by atoms with Crippen molar-refractivity contribution >= 4 is 77.0 Å². The lowest BCUT2D eigenvalue weighted by molar-refractivity contribution is 0.655. The van der Waals surface area contributed by atoms with Crippen molar-refractivity contribution in [3.05, 3.63) is 176 Å². The number of hydrogen-bond donors (Lipinski definition) is 0. The van der Waals surface area contributed by atoms with Gasteiger partial charge in [-0.2, -0.15) is 0 Å². The van der Waals surface area contributed by atoms with E-state index < -0.39 is 0 Å². The van der Waals surface area contributed by atoms with E-state index in [1.54, 1.807) is 0 Å². The van der Waals surface area contributed by atoms with Gasteiger partial charge in [-0.25, -0.2) is 9.97 Å². The minimum atomic E-state index is 0.535. The van der Waals surface area contributed by atoms with Gasteiger partial charge in [0, 0.05) is 38.2 Å². The van der Waals surface area contributed by atoms with E-state index in [9.17, 15) is 0 Å². The van der Waals surface area contributed by atoms with Crippen molar-refractivity contribution < 1.29 is 8.83 Å². The molecular weight excluding hydrogens is 675 g/mol. The van der Waals surface area contributed by atoms with Crippen molar-refractivity contribution in [3.8, 4) is 39.1 Å². The van der Waals surface area contributed by atoms with Crippen molar-refractivity contribution in [2.45, 2.75) is 0 Å². The molecule has 0 N–H and O–H groups in total. The summed E-state index contributed by atoms with van der Waals surface area (Å²) in [4.78, 5) is 10.1. The SMILES string of the molecule is c1cc(-c2ccc3nc4oc5ccc(-c6cccc(-n7c8ccccc8c8ccccc87)c6)cc5c4nc3c2)cc(-c2cccc3c2oc2ccccc23)c1. The van der Waals surface area contributed by atoms with Crippen LogP contribution in [0.1, 0.15) is 0 Å². The molecule has 12 rings (SSSR count). The summed E-state index contributed by atoms with van der Waals surface area (Å²) >= 11 is 0. The van der Waals surface area contributed by atoms with Crippen LogP contribution in [0.5, 0.6) is 0 Å². The Morgan fingerprint density at radius 2 is 1.02 bits per heavy atom. The molecule has 0 aliphatic heterocycles. The van der Waals surface area contributed by atoms with Gasteiger partial charge in [-0.15, -0.1) is 0 Å². The second-order valence-corrected chi connectivity index (χ2v) is 14.2. The molecule has 0 aliphatic carbocycles. The monoisotopic (exact) mass is 703 g/mol. The first-order valence-corrected chi connectivity index (χ1v) is 18.5. The molecule has 5 heteroatoms. The van der Waals surface area contributed by atoms with E-state index in [1.165, 1.54) is 21.8 Å². The Morgan fingerprint density at radius 1 is 0.382 bits per heavy atom. The average Bonchev–Trinajstić information content (AvgIpc) is 3.92. The first-order chi connectivity index (χ1) is 27.2. The number of aromatic nitrogens is 3. The normalized spacial score (nSPS) is 12.0. The highest BCUT2D eigenvalue weighted by Crippen LogP contribution is 2.39. The third kappa shape index (κ3) is 4.60. The fraction of sp³-hybridized carbons (Fsp3) is 0. The zero-order chi connectivity index (χ0) is 36.0. The van der Waals surface area contributed by atoms with Crippen molar-refractivity contribution in [1.82, 2.24) is 14.5 Å². The summed E-state index contributed by atoms with van der Waals surface area (Å²) in [6.07, 6.45) is 0. The fourth-order valence-corrected chi connectivity index (χ4v) is 8.42. The molecule has 0 spiro atoms. The predicted octanol–water partition coefficient (Wildman–Crippen LogP) is 13.5. The molecule has 55 heavy (non-hydrogen) atoms. The average molecular weight is 704 g/mol. The maximum absolute atomic E-state index is 6.37. The van der Waals surface area contributed by atoms with E-state index >= 15 is 0 Å². The number of rotatable bonds is 4. The summed E-state index contributed by atoms with van der Waals surface area (Å²) in [5.41, 5.74) is 15.5. The Hall–Kier alpha value is -7.50. The van der Waals surface area contributed by atoms with Crippen LogP contribution in [0.25, 0.3) is 116 Å². The van der Waals surface area contributed by atoms with Gasteiger partial charge in [0.15, 0.2) is 0 Å². The number of nitrogens with zero attached hydrogens (tertiary/aromatic N) is 3. The number of hydrogen-bond acceptors (Lipinski definition) is 4. The summed E-state index contributed by atoms with van der Waals surface area (Å²) in [6.45, 7) is 0. The van der Waals surface area contributed by atoms with Gasteiger partial charge in [0.25, 0.3) is 0 Å². The number of benzene rings is 8. The lowest BCUT2D eigenvalue weighted by Gasteiger charge is -2.10. The van der Waals surface area contributed by atoms with Gasteiger partial charge < -0.3 is 13.4 Å². The van der Waals surface area contributed by atoms with E-state index in [4.69, 9.17) is 18.8 Å². The Bertz CT molecular complexity index is 3460. The van der Waals surface area contributed by atoms with Crippen LogP contribution in [0.2, 0.25) is 0 Å². The summed E-state index contributed by atoms with van der Waals surface area (Å²) < 4.78 is 15.0. The molecule has 0 radical (unpaired) electrons. The van der Waals surface area contributed by atoms with Gasteiger partial charge in [-0.1, -0.05) is 115 Å². The van der Waals surface area contributed by atoms with Crippen LogP contribution in [0.4, 0.5) is 0 Å². The van der Waals surface area contributed by atoms with Crippen LogP contribution in [0.3, 0.4) is 0 Å². The van der Waals surface area contributed by atoms with Crippen molar-refractivity contribution in [3.63, 3.8) is 0 Å². The zero-order valence-corrected chi connectivity index (χ0v) is 29.4. The molecule has 0 saturated heterocycles. The third-order valence-corrected chi connectivity index (χ3v) is 11.0. The molecule has 5 nitrogen and oxygen atoms in total. The predicted molar refractivity (Wildman–Crippen MR) is 225 cm³/mol. The van der Waals surface area contributed by atoms with Gasteiger partial charge in [-0.3, -0.25) is 0 Å². The summed E-state index contributed by atoms with van der Waals surface area (Å²) in [5, 5.41) is 5.68. The molecule has 0 aliphatic rings. The lowest BCUT2D eigenvalue weighted by Crippen LogP contribution is -1.94. The van der Waals surface area contributed by atoms with Gasteiger partial charge in [0.2, 0.25) is 5.71 Å². The molecule has 0 saturated carbocycles. The summed E-state index contributed by atoms with van der Waals surface area (Å²) in [6, 6.07) is 61.7. The quantitative estimate of drug-likeness (QED) is 0.183. The minimum absolute atomic E-state index is 0.535. The number of fused-ring (bicyclic) bond motifs is 10. The number of para-hydroxylation sites is 4. The largest absolute Gasteiger partial charge is 0.455 e. The Labute approximate surface area is 314 Å². The summed E-state index contributed by atoms with van der Waals surface area (Å²) in [7, 11) is 0. The van der Waals surface area contributed by atoms with Crippen molar-refractivity contribution in [2.24, 2.45) is 0 Å². The smallest absolute Gasteiger partial charge is 0.246 e. The van der Waals surface area contributed by atoms with Gasteiger partial charge in [0.1, 0.15) is 22.3 Å². The summed E-state index contributed by atoms with van der Waals surface area (Å²) in [5.74, 6) is 0. The minimum Gasteiger partial charge on any atom is -0.455 e. The van der Waals surface area contributed by atoms with E-state index in [1.807, 2.05) is 24.3 Å². The molecule has 0 fully saturated rings. The molecule has 256 valence electrons. The molecular formula is C50H29N3O2. The molecule has 8 aromatic carbocycles. The standard InChI is InChI=1S/C50H29N3O2/c1-4-19-44-37(14-1)38-15-2-5-20-45(38)53(44)35-13-8-11-31(27-35)32-23-25-47-41(28-32)48-50(55-47)52-42-24-22-33(29-43(42)51-48)30-10-7-12-34(26-30)36-17-9-18-40-39-16-3-6-21-46(39)54-49(36)40/h1-29H. The van der Waals surface area contributed by atoms with Gasteiger partial charge >= 0.3 is 0 Å². The van der Waals surface area contributed by atoms with Crippen LogP contribution < -0.4 is 0 Å². The lowest BCUT2D eigenvalue weighted by atomic mass is 9.97. The van der Waals surface area contributed by atoms with Crippen LogP contribution in [-0.2, 0) is 0 Å². The van der Waals surface area contributed by atoms with E-state index in [0.717, 1.165) is 88.5 Å². The van der Waals surface area contributed by atoms with E-state index in [-0.39, 0.29) is 0 Å². The fourth-order valence-electron chi connectivity index (χ4n) is 8.42. The van der Waals surface area contributed by atoms with Gasteiger partial charge in [-0.05, 0) is 88.5 Å². The Morgan fingerprint density at radius 3 is 1.87 bits per heavy atom. The maximum atomic E-state index is 6.37. The molecule has 12 aromatic rings. The number of furan rings is 2. The van der Waals surface area contributed by atoms with Gasteiger partial charge in [0.05, 0.1) is 22.1 Å². The van der Waals surface area contributed by atoms with Crippen molar-refractivity contribution in [2.75, 3.05) is 0 Å². The molecule has 0 atom stereocenters. The highest BCUT2D eigenvalue weighted by atomic mass is 16.3. The molecule has 0 bridgehead atoms. The van der Waals surface area contributed by atoms with E-state index in [2.05, 4.69) is 156 Å². The van der Waals surface area contributed by atoms with E-state index in [0.29, 0.717) is 5.71 Å². The Balaban J connectivity index is 0.946. The maximum Gasteiger partial charge on any atom is 0.246 e. The first-order valence-electron chi connectivity index (χ1n) is 18.5. The molecule has 0 amide bonds. The van der Waals surface area contributed by atoms with Crippen LogP contribution >= 0.6 is 0 Å². The van der Waals surface area contributed by atoms with Crippen molar-refractivity contribution in [1.29, 1.82) is 0 Å². The second-order valence-electron chi connectivity index (χ2n) is 14.2. The molecule has 4 aromatic heterocycles. The van der Waals surface area contributed by atoms with Crippen LogP contribution in [-0.4, -0.2) is 14.5 Å². The molecule has 4 heterocycles. The van der Waals surface area contributed by atoms with Crippen LogP contribution in [0, 0.1) is 0 Å². The third-order valence-electron chi connectivity index (χ3n) is 11.0.